The van der Waals surface area contributed by atoms with E-state index in [0.29, 0.717) is 13.1 Å². The molecule has 1 aliphatic heterocycles. The number of anilines is 1. The highest BCUT2D eigenvalue weighted by Gasteiger charge is 2.22. The quantitative estimate of drug-likeness (QED) is 0.512. The first-order valence-corrected chi connectivity index (χ1v) is 11.0. The van der Waals surface area contributed by atoms with Gasteiger partial charge in [0.1, 0.15) is 24.6 Å². The fourth-order valence-corrected chi connectivity index (χ4v) is 4.17. The summed E-state index contributed by atoms with van der Waals surface area (Å²) in [7, 11) is 1.36. The summed E-state index contributed by atoms with van der Waals surface area (Å²) >= 11 is 5.94. The number of aromatic nitrogens is 2. The van der Waals surface area contributed by atoms with Crippen molar-refractivity contribution in [2.75, 3.05) is 25.5 Å². The van der Waals surface area contributed by atoms with Gasteiger partial charge in [-0.25, -0.2) is 4.79 Å². The number of amides is 2. The van der Waals surface area contributed by atoms with Crippen LogP contribution in [0.2, 0.25) is 5.02 Å². The second-order valence-electron chi connectivity index (χ2n) is 7.92. The first-order chi connectivity index (χ1) is 16.3. The number of ether oxygens (including phenoxy) is 1. The van der Waals surface area contributed by atoms with Crippen LogP contribution in [0, 0.1) is 0 Å². The van der Waals surface area contributed by atoms with Crippen molar-refractivity contribution in [3.05, 3.63) is 62.3 Å². The minimum absolute atomic E-state index is 0.00712. The van der Waals surface area contributed by atoms with Crippen LogP contribution in [0.15, 0.2) is 46.0 Å². The predicted octanol–water partition coefficient (Wildman–Crippen LogP) is 1.79. The SMILES string of the molecule is COc1cc(O)c(Cl)cc1NC(=O)Cn1c(=O)n(CC(=O)N2CCCC2)c(=O)c2ccccc21. The van der Waals surface area contributed by atoms with Gasteiger partial charge in [0.25, 0.3) is 5.56 Å². The van der Waals surface area contributed by atoms with Gasteiger partial charge in [0.2, 0.25) is 11.8 Å². The third-order valence-electron chi connectivity index (χ3n) is 5.73. The summed E-state index contributed by atoms with van der Waals surface area (Å²) in [4.78, 5) is 53.4. The molecule has 4 rings (SSSR count). The fourth-order valence-electron chi connectivity index (χ4n) is 4.01. The lowest BCUT2D eigenvalue weighted by Crippen LogP contribution is -2.45. The number of halogens is 1. The normalized spacial score (nSPS) is 13.3. The molecule has 1 saturated heterocycles. The molecule has 1 fully saturated rings. The van der Waals surface area contributed by atoms with Gasteiger partial charge in [-0.05, 0) is 31.0 Å². The van der Waals surface area contributed by atoms with Crippen molar-refractivity contribution in [1.82, 2.24) is 14.0 Å². The Bertz CT molecular complexity index is 1390. The number of phenolic OH excluding ortho intramolecular Hbond substituents is 1. The van der Waals surface area contributed by atoms with Crippen molar-refractivity contribution in [2.45, 2.75) is 25.9 Å². The van der Waals surface area contributed by atoms with E-state index in [1.807, 2.05) is 0 Å². The molecule has 0 saturated carbocycles. The number of nitrogens with zero attached hydrogens (tertiary/aromatic N) is 3. The molecule has 11 heteroatoms. The summed E-state index contributed by atoms with van der Waals surface area (Å²) in [6.45, 7) is 0.355. The van der Waals surface area contributed by atoms with Crippen molar-refractivity contribution >= 4 is 40.0 Å². The second kappa shape index (κ2) is 9.60. The maximum Gasteiger partial charge on any atom is 0.332 e. The van der Waals surface area contributed by atoms with Crippen molar-refractivity contribution in [1.29, 1.82) is 0 Å². The fraction of sp³-hybridized carbons (Fsp3) is 0.304. The molecule has 34 heavy (non-hydrogen) atoms. The van der Waals surface area contributed by atoms with Gasteiger partial charge in [-0.1, -0.05) is 23.7 Å². The number of para-hydroxylation sites is 1. The average Bonchev–Trinajstić information content (AvgIpc) is 3.37. The van der Waals surface area contributed by atoms with E-state index in [0.717, 1.165) is 22.0 Å². The zero-order chi connectivity index (χ0) is 24.4. The van der Waals surface area contributed by atoms with E-state index in [9.17, 15) is 24.3 Å². The standard InChI is InChI=1S/C23H23ClN4O6/c1-34-19-11-18(29)15(24)10-16(19)25-20(30)12-27-17-7-3-2-6-14(17)22(32)28(23(27)33)13-21(31)26-8-4-5-9-26/h2-3,6-7,10-11,29H,4-5,8-9,12-13H2,1H3,(H,25,30). The summed E-state index contributed by atoms with van der Waals surface area (Å²) in [5, 5.41) is 12.6. The lowest BCUT2D eigenvalue weighted by molar-refractivity contribution is -0.130. The van der Waals surface area contributed by atoms with E-state index in [-0.39, 0.29) is 39.0 Å². The third kappa shape index (κ3) is 4.49. The molecule has 0 bridgehead atoms. The topological polar surface area (TPSA) is 123 Å². The van der Waals surface area contributed by atoms with Crippen LogP contribution >= 0.6 is 11.6 Å². The Labute approximate surface area is 198 Å². The predicted molar refractivity (Wildman–Crippen MR) is 127 cm³/mol. The van der Waals surface area contributed by atoms with Gasteiger partial charge >= 0.3 is 5.69 Å². The van der Waals surface area contributed by atoms with Gasteiger partial charge in [-0.3, -0.25) is 23.5 Å². The molecule has 2 amide bonds. The van der Waals surface area contributed by atoms with Gasteiger partial charge in [0.05, 0.1) is 28.7 Å². The molecule has 1 aromatic heterocycles. The van der Waals surface area contributed by atoms with Gasteiger partial charge in [-0.2, -0.15) is 0 Å². The largest absolute Gasteiger partial charge is 0.506 e. The van der Waals surface area contributed by atoms with Crippen LogP contribution in [-0.2, 0) is 22.7 Å². The second-order valence-corrected chi connectivity index (χ2v) is 8.32. The molecule has 0 unspecified atom stereocenters. The summed E-state index contributed by atoms with van der Waals surface area (Å²) in [6, 6.07) is 8.99. The molecule has 0 atom stereocenters. The monoisotopic (exact) mass is 486 g/mol. The van der Waals surface area contributed by atoms with E-state index in [1.165, 1.54) is 19.2 Å². The summed E-state index contributed by atoms with van der Waals surface area (Å²) in [5.74, 6) is -0.947. The van der Waals surface area contributed by atoms with Crippen molar-refractivity contribution in [2.24, 2.45) is 0 Å². The smallest absolute Gasteiger partial charge is 0.332 e. The zero-order valence-electron chi connectivity index (χ0n) is 18.4. The first-order valence-electron chi connectivity index (χ1n) is 10.7. The molecule has 2 aromatic carbocycles. The average molecular weight is 487 g/mol. The molecule has 10 nitrogen and oxygen atoms in total. The molecule has 3 aromatic rings. The van der Waals surface area contributed by atoms with Crippen LogP contribution in [0.25, 0.3) is 10.9 Å². The molecule has 1 aliphatic rings. The third-order valence-corrected chi connectivity index (χ3v) is 6.03. The molecular formula is C23H23ClN4O6. The molecule has 2 N–H and O–H groups in total. The van der Waals surface area contributed by atoms with Crippen molar-refractivity contribution in [3.8, 4) is 11.5 Å². The Morgan fingerprint density at radius 2 is 1.79 bits per heavy atom. The highest BCUT2D eigenvalue weighted by Crippen LogP contribution is 2.35. The number of hydrogen-bond acceptors (Lipinski definition) is 6. The molecule has 178 valence electrons. The van der Waals surface area contributed by atoms with Crippen LogP contribution in [-0.4, -0.2) is 51.2 Å². The van der Waals surface area contributed by atoms with Gasteiger partial charge < -0.3 is 20.1 Å². The maximum atomic E-state index is 13.3. The highest BCUT2D eigenvalue weighted by atomic mass is 35.5. The molecule has 0 aliphatic carbocycles. The molecule has 0 spiro atoms. The lowest BCUT2D eigenvalue weighted by Gasteiger charge is -2.18. The Hall–Kier alpha value is -3.79. The number of benzene rings is 2. The minimum atomic E-state index is -0.762. The van der Waals surface area contributed by atoms with Crippen LogP contribution in [0.3, 0.4) is 0 Å². The van der Waals surface area contributed by atoms with Crippen LogP contribution < -0.4 is 21.3 Å². The molecule has 0 radical (unpaired) electrons. The van der Waals surface area contributed by atoms with E-state index in [2.05, 4.69) is 5.32 Å². The van der Waals surface area contributed by atoms with Crippen LogP contribution in [0.1, 0.15) is 12.8 Å². The van der Waals surface area contributed by atoms with E-state index < -0.39 is 30.2 Å². The molecular weight excluding hydrogens is 464 g/mol. The van der Waals surface area contributed by atoms with E-state index in [4.69, 9.17) is 16.3 Å². The summed E-state index contributed by atoms with van der Waals surface area (Å²) in [6.07, 6.45) is 1.76. The number of rotatable bonds is 6. The number of aromatic hydroxyl groups is 1. The van der Waals surface area contributed by atoms with Gasteiger partial charge in [0, 0.05) is 19.2 Å². The lowest BCUT2D eigenvalue weighted by atomic mass is 10.2. The number of likely N-dealkylation sites (tertiary alicyclic amines) is 1. The first kappa shape index (κ1) is 23.4. The number of methoxy groups -OCH3 is 1. The van der Waals surface area contributed by atoms with Crippen molar-refractivity contribution in [3.63, 3.8) is 0 Å². The zero-order valence-corrected chi connectivity index (χ0v) is 19.2. The minimum Gasteiger partial charge on any atom is -0.506 e. The van der Waals surface area contributed by atoms with E-state index >= 15 is 0 Å². The Morgan fingerprint density at radius 1 is 1.09 bits per heavy atom. The number of fused-ring (bicyclic) bond motifs is 1. The number of hydrogen-bond donors (Lipinski definition) is 2. The Kier molecular flexibility index (Phi) is 6.60. The number of carbonyl (C=O) groups excluding carboxylic acids is 2. The van der Waals surface area contributed by atoms with Gasteiger partial charge in [0.15, 0.2) is 0 Å². The van der Waals surface area contributed by atoms with Crippen LogP contribution in [0.5, 0.6) is 11.5 Å². The van der Waals surface area contributed by atoms with Crippen LogP contribution in [0.4, 0.5) is 5.69 Å². The number of phenols is 1. The number of nitrogens with one attached hydrogen (secondary N) is 1. The Balaban J connectivity index is 1.70. The van der Waals surface area contributed by atoms with E-state index in [1.54, 1.807) is 29.2 Å². The summed E-state index contributed by atoms with van der Waals surface area (Å²) in [5.41, 5.74) is -0.877. The number of carbonyl (C=O) groups is 2. The summed E-state index contributed by atoms with van der Waals surface area (Å²) < 4.78 is 7.18. The highest BCUT2D eigenvalue weighted by molar-refractivity contribution is 6.32. The molecule has 2 heterocycles. The van der Waals surface area contributed by atoms with Gasteiger partial charge in [-0.15, -0.1) is 0 Å². The van der Waals surface area contributed by atoms with Crippen molar-refractivity contribution < 1.29 is 19.4 Å². The maximum absolute atomic E-state index is 13.3. The Morgan fingerprint density at radius 3 is 2.50 bits per heavy atom.